The first kappa shape index (κ1) is 19.5. The first-order chi connectivity index (χ1) is 9.81. The molecular weight excluding hydrogens is 248 g/mol. The first-order valence-corrected chi connectivity index (χ1v) is 8.76. The van der Waals surface area contributed by atoms with Crippen LogP contribution in [0.1, 0.15) is 96.8 Å². The summed E-state index contributed by atoms with van der Waals surface area (Å²) in [5.41, 5.74) is 0. The Hall–Kier alpha value is -0.530. The van der Waals surface area contributed by atoms with Crippen LogP contribution in [0, 0.1) is 6.92 Å². The van der Waals surface area contributed by atoms with Crippen molar-refractivity contribution in [1.29, 1.82) is 0 Å². The van der Waals surface area contributed by atoms with E-state index in [-0.39, 0.29) is 5.97 Å². The van der Waals surface area contributed by atoms with Gasteiger partial charge in [0, 0.05) is 6.42 Å². The second kappa shape index (κ2) is 16.5. The lowest BCUT2D eigenvalue weighted by Gasteiger charge is -2.04. The number of carbonyl (C=O) groups is 1. The molecule has 0 N–H and O–H groups in total. The molecule has 0 saturated carbocycles. The van der Waals surface area contributed by atoms with Crippen molar-refractivity contribution < 1.29 is 9.53 Å². The Bertz CT molecular complexity index is 202. The van der Waals surface area contributed by atoms with Crippen LogP contribution in [-0.2, 0) is 9.53 Å². The van der Waals surface area contributed by atoms with E-state index in [1.54, 1.807) is 0 Å². The van der Waals surface area contributed by atoms with Crippen LogP contribution in [-0.4, -0.2) is 12.6 Å². The monoisotopic (exact) mass is 283 g/mol. The summed E-state index contributed by atoms with van der Waals surface area (Å²) in [7, 11) is 0. The van der Waals surface area contributed by atoms with Crippen LogP contribution < -0.4 is 0 Å². The maximum Gasteiger partial charge on any atom is 0.305 e. The van der Waals surface area contributed by atoms with E-state index >= 15 is 0 Å². The van der Waals surface area contributed by atoms with Crippen LogP contribution in [0.3, 0.4) is 0 Å². The molecule has 20 heavy (non-hydrogen) atoms. The van der Waals surface area contributed by atoms with Gasteiger partial charge in [-0.25, -0.2) is 0 Å². The predicted octanol–water partition coefficient (Wildman–Crippen LogP) is 5.84. The SMILES string of the molecule is [CH2]CCOC(=O)CCCCCCCCCCCCCC. The molecule has 0 aromatic carbocycles. The number of hydrogen-bond acceptors (Lipinski definition) is 2. The lowest BCUT2D eigenvalue weighted by Crippen LogP contribution is -2.04. The zero-order valence-corrected chi connectivity index (χ0v) is 13.6. The predicted molar refractivity (Wildman–Crippen MR) is 86.6 cm³/mol. The molecule has 1 radical (unpaired) electrons. The van der Waals surface area contributed by atoms with Crippen LogP contribution >= 0.6 is 0 Å². The minimum atomic E-state index is -0.0549. The Labute approximate surface area is 126 Å². The normalized spacial score (nSPS) is 10.7. The fraction of sp³-hybridized carbons (Fsp3) is 0.889. The third-order valence-electron chi connectivity index (χ3n) is 3.64. The highest BCUT2D eigenvalue weighted by molar-refractivity contribution is 5.69. The molecule has 0 spiro atoms. The van der Waals surface area contributed by atoms with Gasteiger partial charge >= 0.3 is 5.97 Å². The molecule has 2 nitrogen and oxygen atoms in total. The molecule has 0 heterocycles. The van der Waals surface area contributed by atoms with E-state index in [1.165, 1.54) is 64.2 Å². The van der Waals surface area contributed by atoms with Crippen LogP contribution in [0.5, 0.6) is 0 Å². The van der Waals surface area contributed by atoms with E-state index < -0.39 is 0 Å². The quantitative estimate of drug-likeness (QED) is 0.278. The standard InChI is InChI=1S/C18H35O2/c1-3-5-6-7-8-9-10-11-12-13-14-15-16-18(19)20-17-4-2/h2-17H2,1H3. The lowest BCUT2D eigenvalue weighted by atomic mass is 10.0. The number of hydrogen-bond donors (Lipinski definition) is 0. The summed E-state index contributed by atoms with van der Waals surface area (Å²) in [5, 5.41) is 0. The van der Waals surface area contributed by atoms with E-state index in [0.29, 0.717) is 19.4 Å². The number of ether oxygens (including phenoxy) is 1. The van der Waals surface area contributed by atoms with Gasteiger partial charge in [0.05, 0.1) is 6.61 Å². The zero-order valence-electron chi connectivity index (χ0n) is 13.6. The number of carbonyl (C=O) groups excluding carboxylic acids is 1. The Morgan fingerprint density at radius 2 is 1.25 bits per heavy atom. The Kier molecular flexibility index (Phi) is 16.1. The molecule has 0 rings (SSSR count). The topological polar surface area (TPSA) is 26.3 Å². The van der Waals surface area contributed by atoms with Crippen LogP contribution in [0.15, 0.2) is 0 Å². The van der Waals surface area contributed by atoms with Gasteiger partial charge in [0.25, 0.3) is 0 Å². The molecule has 0 aromatic heterocycles. The fourth-order valence-corrected chi connectivity index (χ4v) is 2.37. The molecule has 0 saturated heterocycles. The van der Waals surface area contributed by atoms with Gasteiger partial charge in [-0.1, -0.05) is 77.6 Å². The van der Waals surface area contributed by atoms with Crippen molar-refractivity contribution in [1.82, 2.24) is 0 Å². The first-order valence-electron chi connectivity index (χ1n) is 8.76. The molecule has 0 aliphatic rings. The molecule has 0 amide bonds. The summed E-state index contributed by atoms with van der Waals surface area (Å²) in [6.45, 7) is 6.38. The largest absolute Gasteiger partial charge is 0.466 e. The van der Waals surface area contributed by atoms with Gasteiger partial charge < -0.3 is 4.74 Å². The van der Waals surface area contributed by atoms with Crippen molar-refractivity contribution in [3.8, 4) is 0 Å². The number of rotatable bonds is 15. The fourth-order valence-electron chi connectivity index (χ4n) is 2.37. The summed E-state index contributed by atoms with van der Waals surface area (Å²) in [5.74, 6) is -0.0549. The van der Waals surface area contributed by atoms with Gasteiger partial charge in [-0.2, -0.15) is 0 Å². The summed E-state index contributed by atoms with van der Waals surface area (Å²) in [4.78, 5) is 11.2. The molecule has 0 atom stereocenters. The molecule has 0 unspecified atom stereocenters. The van der Waals surface area contributed by atoms with Gasteiger partial charge in [0.1, 0.15) is 0 Å². The number of esters is 1. The summed E-state index contributed by atoms with van der Waals surface area (Å²) in [6.07, 6.45) is 17.1. The average molecular weight is 283 g/mol. The molecule has 0 fully saturated rings. The minimum absolute atomic E-state index is 0.0549. The van der Waals surface area contributed by atoms with E-state index in [0.717, 1.165) is 12.8 Å². The van der Waals surface area contributed by atoms with Crippen molar-refractivity contribution in [3.05, 3.63) is 6.92 Å². The molecule has 119 valence electrons. The zero-order chi connectivity index (χ0) is 14.9. The van der Waals surface area contributed by atoms with Gasteiger partial charge in [-0.05, 0) is 19.8 Å². The van der Waals surface area contributed by atoms with Crippen molar-refractivity contribution in [3.63, 3.8) is 0 Å². The third kappa shape index (κ3) is 15.5. The van der Waals surface area contributed by atoms with Gasteiger partial charge in [-0.3, -0.25) is 4.79 Å². The van der Waals surface area contributed by atoms with Crippen LogP contribution in [0.25, 0.3) is 0 Å². The molecule has 0 aliphatic carbocycles. The average Bonchev–Trinajstić information content (AvgIpc) is 2.46. The smallest absolute Gasteiger partial charge is 0.305 e. The van der Waals surface area contributed by atoms with Gasteiger partial charge in [0.15, 0.2) is 0 Å². The van der Waals surface area contributed by atoms with Crippen molar-refractivity contribution in [2.75, 3.05) is 6.61 Å². The molecular formula is C18H35O2. The van der Waals surface area contributed by atoms with E-state index in [2.05, 4.69) is 13.8 Å². The summed E-state index contributed by atoms with van der Waals surface area (Å²) < 4.78 is 4.99. The highest BCUT2D eigenvalue weighted by atomic mass is 16.5. The van der Waals surface area contributed by atoms with Crippen molar-refractivity contribution in [2.24, 2.45) is 0 Å². The maximum atomic E-state index is 11.2. The maximum absolute atomic E-state index is 11.2. The number of unbranched alkanes of at least 4 members (excludes halogenated alkanes) is 11. The Morgan fingerprint density at radius 1 is 0.800 bits per heavy atom. The molecule has 0 aliphatic heterocycles. The van der Waals surface area contributed by atoms with E-state index in [9.17, 15) is 4.79 Å². The highest BCUT2D eigenvalue weighted by Gasteiger charge is 2.01. The molecule has 0 aromatic rings. The van der Waals surface area contributed by atoms with Gasteiger partial charge in [0.2, 0.25) is 0 Å². The van der Waals surface area contributed by atoms with Crippen molar-refractivity contribution in [2.45, 2.75) is 96.8 Å². The Morgan fingerprint density at radius 3 is 1.70 bits per heavy atom. The third-order valence-corrected chi connectivity index (χ3v) is 3.64. The molecule has 0 bridgehead atoms. The van der Waals surface area contributed by atoms with E-state index in [1.807, 2.05) is 0 Å². The Balaban J connectivity index is 3.04. The molecule has 2 heteroatoms. The summed E-state index contributed by atoms with van der Waals surface area (Å²) >= 11 is 0. The van der Waals surface area contributed by atoms with Crippen molar-refractivity contribution >= 4 is 5.97 Å². The lowest BCUT2D eigenvalue weighted by molar-refractivity contribution is -0.143. The van der Waals surface area contributed by atoms with Crippen LogP contribution in [0.2, 0.25) is 0 Å². The second-order valence-corrected chi connectivity index (χ2v) is 5.71. The minimum Gasteiger partial charge on any atom is -0.466 e. The summed E-state index contributed by atoms with van der Waals surface area (Å²) in [6, 6.07) is 0. The van der Waals surface area contributed by atoms with Crippen LogP contribution in [0.4, 0.5) is 0 Å². The highest BCUT2D eigenvalue weighted by Crippen LogP contribution is 2.12. The van der Waals surface area contributed by atoms with Gasteiger partial charge in [-0.15, -0.1) is 0 Å². The second-order valence-electron chi connectivity index (χ2n) is 5.71. The van der Waals surface area contributed by atoms with E-state index in [4.69, 9.17) is 4.74 Å².